The molecule has 0 fully saturated rings. The molecular formula is C25H30F3NO. The largest absolute Gasteiger partial charge is 0.493 e. The number of aryl methyl sites for hydroxylation is 1. The van der Waals surface area contributed by atoms with E-state index in [1.807, 2.05) is 6.07 Å². The fourth-order valence-corrected chi connectivity index (χ4v) is 3.92. The van der Waals surface area contributed by atoms with Gasteiger partial charge < -0.3 is 10.1 Å². The van der Waals surface area contributed by atoms with Crippen molar-refractivity contribution in [2.24, 2.45) is 5.92 Å². The highest BCUT2D eigenvalue weighted by molar-refractivity contribution is 5.72. The molecule has 0 aliphatic heterocycles. The fraction of sp³-hybridized carbons (Fsp3) is 0.440. The third-order valence-corrected chi connectivity index (χ3v) is 5.70. The Kier molecular flexibility index (Phi) is 7.24. The van der Waals surface area contributed by atoms with Crippen molar-refractivity contribution in [1.29, 1.82) is 0 Å². The Morgan fingerprint density at radius 3 is 2.47 bits per heavy atom. The van der Waals surface area contributed by atoms with Crippen LogP contribution in [0.25, 0.3) is 5.57 Å². The van der Waals surface area contributed by atoms with E-state index in [1.54, 1.807) is 12.1 Å². The molecule has 162 valence electrons. The molecular weight excluding hydrogens is 387 g/mol. The first-order valence-corrected chi connectivity index (χ1v) is 10.6. The summed E-state index contributed by atoms with van der Waals surface area (Å²) in [5.74, 6) is 1.06. The number of ether oxygens (including phenoxy) is 1. The first kappa shape index (κ1) is 22.4. The molecule has 0 saturated heterocycles. The SMILES string of the molecule is CCNCC1=C(C)c2ccc(OC[C@@H](C)Cc3ccc(C(F)(F)F)cc3)cc2CC1. The molecule has 2 aromatic rings. The lowest BCUT2D eigenvalue weighted by molar-refractivity contribution is -0.137. The average molecular weight is 418 g/mol. The lowest BCUT2D eigenvalue weighted by atomic mass is 9.86. The third kappa shape index (κ3) is 5.66. The molecule has 0 spiro atoms. The van der Waals surface area contributed by atoms with Gasteiger partial charge in [0.2, 0.25) is 0 Å². The summed E-state index contributed by atoms with van der Waals surface area (Å²) in [6.45, 7) is 8.81. The van der Waals surface area contributed by atoms with E-state index in [1.165, 1.54) is 22.3 Å². The van der Waals surface area contributed by atoms with Gasteiger partial charge in [0.15, 0.2) is 0 Å². The first-order chi connectivity index (χ1) is 14.3. The minimum atomic E-state index is -4.29. The second kappa shape index (κ2) is 9.69. The van der Waals surface area contributed by atoms with Gasteiger partial charge in [0.1, 0.15) is 5.75 Å². The molecule has 1 aliphatic carbocycles. The van der Waals surface area contributed by atoms with E-state index < -0.39 is 11.7 Å². The predicted octanol–water partition coefficient (Wildman–Crippen LogP) is 6.29. The van der Waals surface area contributed by atoms with Gasteiger partial charge in [-0.2, -0.15) is 13.2 Å². The number of hydrogen-bond donors (Lipinski definition) is 1. The lowest BCUT2D eigenvalue weighted by Crippen LogP contribution is -2.19. The molecule has 2 aromatic carbocycles. The number of nitrogens with one attached hydrogen (secondary N) is 1. The molecule has 0 saturated carbocycles. The number of benzene rings is 2. The Hall–Kier alpha value is -2.27. The Bertz CT molecular complexity index is 884. The maximum absolute atomic E-state index is 12.7. The Morgan fingerprint density at radius 1 is 1.07 bits per heavy atom. The van der Waals surface area contributed by atoms with Crippen LogP contribution >= 0.6 is 0 Å². The fourth-order valence-electron chi connectivity index (χ4n) is 3.92. The average Bonchev–Trinajstić information content (AvgIpc) is 2.71. The van der Waals surface area contributed by atoms with Gasteiger partial charge in [-0.05, 0) is 85.2 Å². The molecule has 2 nitrogen and oxygen atoms in total. The molecule has 1 aliphatic rings. The quantitative estimate of drug-likeness (QED) is 0.545. The van der Waals surface area contributed by atoms with Gasteiger partial charge in [-0.15, -0.1) is 0 Å². The van der Waals surface area contributed by atoms with E-state index in [2.05, 4.69) is 38.2 Å². The molecule has 30 heavy (non-hydrogen) atoms. The van der Waals surface area contributed by atoms with Gasteiger partial charge >= 0.3 is 6.18 Å². The molecule has 0 unspecified atom stereocenters. The highest BCUT2D eigenvalue weighted by Crippen LogP contribution is 2.33. The van der Waals surface area contributed by atoms with Gasteiger partial charge in [0, 0.05) is 6.54 Å². The van der Waals surface area contributed by atoms with Crippen molar-refractivity contribution in [3.8, 4) is 5.75 Å². The zero-order valence-electron chi connectivity index (χ0n) is 17.9. The highest BCUT2D eigenvalue weighted by atomic mass is 19.4. The van der Waals surface area contributed by atoms with E-state index in [-0.39, 0.29) is 5.92 Å². The zero-order chi connectivity index (χ0) is 21.7. The van der Waals surface area contributed by atoms with Crippen molar-refractivity contribution in [2.75, 3.05) is 19.7 Å². The van der Waals surface area contributed by atoms with E-state index >= 15 is 0 Å². The Morgan fingerprint density at radius 2 is 1.80 bits per heavy atom. The van der Waals surface area contributed by atoms with Crippen LogP contribution in [-0.4, -0.2) is 19.7 Å². The maximum atomic E-state index is 12.7. The zero-order valence-corrected chi connectivity index (χ0v) is 17.9. The first-order valence-electron chi connectivity index (χ1n) is 10.6. The summed E-state index contributed by atoms with van der Waals surface area (Å²) in [5, 5.41) is 3.42. The molecule has 0 aromatic heterocycles. The predicted molar refractivity (Wildman–Crippen MR) is 116 cm³/mol. The summed E-state index contributed by atoms with van der Waals surface area (Å²) >= 11 is 0. The lowest BCUT2D eigenvalue weighted by Gasteiger charge is -2.23. The number of hydrogen-bond acceptors (Lipinski definition) is 2. The number of rotatable bonds is 8. The van der Waals surface area contributed by atoms with Crippen molar-refractivity contribution >= 4 is 5.57 Å². The second-order valence-corrected chi connectivity index (χ2v) is 8.14. The molecule has 0 amide bonds. The number of allylic oxidation sites excluding steroid dienone is 1. The van der Waals surface area contributed by atoms with E-state index in [0.29, 0.717) is 13.0 Å². The minimum Gasteiger partial charge on any atom is -0.493 e. The normalized spacial score (nSPS) is 15.1. The van der Waals surface area contributed by atoms with E-state index in [9.17, 15) is 13.2 Å². The van der Waals surface area contributed by atoms with Crippen molar-refractivity contribution in [1.82, 2.24) is 5.32 Å². The van der Waals surface area contributed by atoms with Gasteiger partial charge in [0.25, 0.3) is 0 Å². The van der Waals surface area contributed by atoms with Gasteiger partial charge in [-0.25, -0.2) is 0 Å². The van der Waals surface area contributed by atoms with E-state index in [0.717, 1.165) is 49.4 Å². The number of halogens is 3. The number of alkyl halides is 3. The Labute approximate surface area is 177 Å². The molecule has 0 heterocycles. The van der Waals surface area contributed by atoms with E-state index in [4.69, 9.17) is 4.74 Å². The second-order valence-electron chi connectivity index (χ2n) is 8.14. The van der Waals surface area contributed by atoms with Crippen molar-refractivity contribution in [3.05, 3.63) is 70.3 Å². The van der Waals surface area contributed by atoms with Crippen LogP contribution in [0, 0.1) is 5.92 Å². The summed E-state index contributed by atoms with van der Waals surface area (Å²) in [4.78, 5) is 0. The summed E-state index contributed by atoms with van der Waals surface area (Å²) in [6, 6.07) is 11.7. The van der Waals surface area contributed by atoms with Gasteiger partial charge in [0.05, 0.1) is 12.2 Å². The van der Waals surface area contributed by atoms with Crippen molar-refractivity contribution in [2.45, 2.75) is 46.2 Å². The smallest absolute Gasteiger partial charge is 0.416 e. The van der Waals surface area contributed by atoms with Crippen LogP contribution in [-0.2, 0) is 19.0 Å². The Balaban J connectivity index is 1.57. The molecule has 1 N–H and O–H groups in total. The van der Waals surface area contributed by atoms with Crippen LogP contribution in [0.1, 0.15) is 49.4 Å². The van der Waals surface area contributed by atoms with Crippen molar-refractivity contribution < 1.29 is 17.9 Å². The van der Waals surface area contributed by atoms with Gasteiger partial charge in [-0.3, -0.25) is 0 Å². The maximum Gasteiger partial charge on any atom is 0.416 e. The summed E-state index contributed by atoms with van der Waals surface area (Å²) in [7, 11) is 0. The van der Waals surface area contributed by atoms with Crippen molar-refractivity contribution in [3.63, 3.8) is 0 Å². The monoisotopic (exact) mass is 417 g/mol. The number of likely N-dealkylation sites (N-methyl/N-ethyl adjacent to an activating group) is 1. The van der Waals surface area contributed by atoms with Crippen LogP contribution in [0.4, 0.5) is 13.2 Å². The van der Waals surface area contributed by atoms with Crippen LogP contribution in [0.5, 0.6) is 5.75 Å². The van der Waals surface area contributed by atoms with Crippen LogP contribution in [0.15, 0.2) is 48.0 Å². The highest BCUT2D eigenvalue weighted by Gasteiger charge is 2.29. The molecule has 0 radical (unpaired) electrons. The molecule has 5 heteroatoms. The third-order valence-electron chi connectivity index (χ3n) is 5.70. The van der Waals surface area contributed by atoms with Crippen LogP contribution in [0.3, 0.4) is 0 Å². The van der Waals surface area contributed by atoms with Crippen LogP contribution < -0.4 is 10.1 Å². The summed E-state index contributed by atoms with van der Waals surface area (Å²) in [5.41, 5.74) is 5.74. The van der Waals surface area contributed by atoms with Crippen LogP contribution in [0.2, 0.25) is 0 Å². The topological polar surface area (TPSA) is 21.3 Å². The standard InChI is InChI=1S/C25H30F3NO/c1-4-29-15-21-8-7-20-14-23(11-12-24(20)18(21)3)30-16-17(2)13-19-5-9-22(10-6-19)25(26,27)28/h5-6,9-12,14,17,29H,4,7-8,13,15-16H2,1-3H3/t17-/m0/s1. The number of fused-ring (bicyclic) bond motifs is 1. The minimum absolute atomic E-state index is 0.200. The summed E-state index contributed by atoms with van der Waals surface area (Å²) < 4.78 is 44.1. The molecule has 0 bridgehead atoms. The summed E-state index contributed by atoms with van der Waals surface area (Å²) in [6.07, 6.45) is -1.52. The van der Waals surface area contributed by atoms with Gasteiger partial charge in [-0.1, -0.05) is 37.6 Å². The molecule has 3 rings (SSSR count). The molecule has 1 atom stereocenters.